The van der Waals surface area contributed by atoms with Crippen molar-refractivity contribution in [2.24, 2.45) is 0 Å². The molecule has 84 valence electrons. The molecule has 0 aliphatic rings. The van der Waals surface area contributed by atoms with Crippen molar-refractivity contribution in [1.82, 2.24) is 0 Å². The van der Waals surface area contributed by atoms with Gasteiger partial charge in [0.05, 0.1) is 6.42 Å². The Morgan fingerprint density at radius 1 is 1.29 bits per heavy atom. The number of rotatable bonds is 2. The summed E-state index contributed by atoms with van der Waals surface area (Å²) in [5.74, 6) is -1.61. The molecule has 0 atom stereocenters. The fraction of sp³-hybridized carbons (Fsp3) is 0.400. The number of aliphatic carboxylic acids is 1. The Balaban J connectivity index is 0. The van der Waals surface area contributed by atoms with Gasteiger partial charge in [0, 0.05) is 5.57 Å². The van der Waals surface area contributed by atoms with Crippen molar-refractivity contribution in [3.8, 4) is 0 Å². The Hall–Kier alpha value is -0.690. The average molecular weight is 236 g/mol. The van der Waals surface area contributed by atoms with E-state index in [1.54, 1.807) is 0 Å². The molecule has 5 nitrogen and oxygen atoms in total. The third kappa shape index (κ3) is 17.4. The van der Waals surface area contributed by atoms with E-state index in [9.17, 15) is 18.0 Å². The van der Waals surface area contributed by atoms with Crippen LogP contribution in [0.15, 0.2) is 12.2 Å². The van der Waals surface area contributed by atoms with E-state index in [1.807, 2.05) is 0 Å². The highest BCUT2D eigenvalue weighted by molar-refractivity contribution is 7.38. The number of carboxylic acids is 1. The first-order valence-electron chi connectivity index (χ1n) is 2.91. The molecule has 0 aromatic rings. The Kier molecular flexibility index (Phi) is 7.57. The molecule has 0 unspecified atom stereocenters. The number of hydrogen-bond acceptors (Lipinski definition) is 4. The van der Waals surface area contributed by atoms with Crippen LogP contribution in [0, 0.1) is 0 Å². The van der Waals surface area contributed by atoms with Gasteiger partial charge in [-0.15, -0.1) is 0 Å². The summed E-state index contributed by atoms with van der Waals surface area (Å²) in [5, 5.41) is 7.95. The predicted molar refractivity (Wildman–Crippen MR) is 41.0 cm³/mol. The fourth-order valence-corrected chi connectivity index (χ4v) is 0.318. The molecule has 0 aliphatic heterocycles. The molecule has 0 radical (unpaired) electrons. The first kappa shape index (κ1) is 15.8. The summed E-state index contributed by atoms with van der Waals surface area (Å²) in [6.07, 6.45) is -5.93. The van der Waals surface area contributed by atoms with Crippen molar-refractivity contribution in [2.75, 3.05) is 0 Å². The summed E-state index contributed by atoms with van der Waals surface area (Å²) in [5.41, 5.74) is -0.840. The van der Waals surface area contributed by atoms with E-state index < -0.39 is 32.7 Å². The van der Waals surface area contributed by atoms with Crippen molar-refractivity contribution in [2.45, 2.75) is 12.6 Å². The van der Waals surface area contributed by atoms with Crippen LogP contribution in [0.3, 0.4) is 0 Å². The lowest BCUT2D eigenvalue weighted by atomic mass is 10.2. The van der Waals surface area contributed by atoms with Gasteiger partial charge in [-0.1, -0.05) is 6.58 Å². The molecule has 0 aromatic carbocycles. The van der Waals surface area contributed by atoms with Gasteiger partial charge in [-0.25, -0.2) is 4.79 Å². The molecule has 9 heteroatoms. The van der Waals surface area contributed by atoms with Gasteiger partial charge in [-0.3, -0.25) is 0 Å². The lowest BCUT2D eigenvalue weighted by Gasteiger charge is -2.03. The van der Waals surface area contributed by atoms with Gasteiger partial charge in [0.25, 0.3) is 0 Å². The maximum Gasteiger partial charge on any atom is 0.393 e. The highest BCUT2D eigenvalue weighted by atomic mass is 31.2. The summed E-state index contributed by atoms with van der Waals surface area (Å²) >= 11 is 0. The number of halogens is 3. The molecule has 14 heavy (non-hydrogen) atoms. The van der Waals surface area contributed by atoms with E-state index >= 15 is 0 Å². The van der Waals surface area contributed by atoms with Gasteiger partial charge in [0.15, 0.2) is 0 Å². The quantitative estimate of drug-likeness (QED) is 0.419. The number of carbonyl (C=O) groups is 1. The lowest BCUT2D eigenvalue weighted by molar-refractivity contribution is -0.142. The molecule has 0 rings (SSSR count). The zero-order chi connectivity index (χ0) is 11.9. The predicted octanol–water partition coefficient (Wildman–Crippen LogP) is 0.770. The molecule has 0 saturated carbocycles. The highest BCUT2D eigenvalue weighted by Crippen LogP contribution is 2.23. The smallest absolute Gasteiger partial charge is 0.393 e. The van der Waals surface area contributed by atoms with E-state index in [0.29, 0.717) is 0 Å². The molecule has 0 heterocycles. The second kappa shape index (κ2) is 6.72. The highest BCUT2D eigenvalue weighted by Gasteiger charge is 2.30. The molecular formula is C5H8F3O5P. The third-order valence-corrected chi connectivity index (χ3v) is 0.716. The number of hydrogen-bond donors (Lipinski definition) is 4. The van der Waals surface area contributed by atoms with Gasteiger partial charge in [0.1, 0.15) is 0 Å². The van der Waals surface area contributed by atoms with Crippen molar-refractivity contribution < 1.29 is 37.8 Å². The Labute approximate surface area is 78.1 Å². The molecule has 0 spiro atoms. The molecule has 0 aromatic heterocycles. The topological polar surface area (TPSA) is 98.0 Å². The minimum atomic E-state index is -4.48. The van der Waals surface area contributed by atoms with Crippen LogP contribution in [0.5, 0.6) is 0 Å². The van der Waals surface area contributed by atoms with E-state index in [-0.39, 0.29) is 0 Å². The second-order valence-electron chi connectivity index (χ2n) is 1.97. The van der Waals surface area contributed by atoms with Gasteiger partial charge >= 0.3 is 20.7 Å². The minimum Gasteiger partial charge on any atom is -0.478 e. The first-order valence-corrected chi connectivity index (χ1v) is 4.11. The Morgan fingerprint density at radius 3 is 1.64 bits per heavy atom. The monoisotopic (exact) mass is 236 g/mol. The summed E-state index contributed by atoms with van der Waals surface area (Å²) < 4.78 is 34.0. The van der Waals surface area contributed by atoms with Crippen molar-refractivity contribution in [1.29, 1.82) is 0 Å². The molecule has 0 aliphatic carbocycles. The molecule has 0 fully saturated rings. The van der Waals surface area contributed by atoms with E-state index in [1.165, 1.54) is 0 Å². The van der Waals surface area contributed by atoms with Crippen molar-refractivity contribution in [3.05, 3.63) is 12.2 Å². The summed E-state index contributed by atoms with van der Waals surface area (Å²) in [4.78, 5) is 31.5. The maximum atomic E-state index is 11.3. The van der Waals surface area contributed by atoms with E-state index in [4.69, 9.17) is 19.8 Å². The molecule has 0 bridgehead atoms. The van der Waals surface area contributed by atoms with Crippen LogP contribution in [-0.4, -0.2) is 31.9 Å². The van der Waals surface area contributed by atoms with Gasteiger partial charge in [-0.2, -0.15) is 13.2 Å². The minimum absolute atomic E-state index is 0.840. The zero-order valence-electron chi connectivity index (χ0n) is 6.69. The van der Waals surface area contributed by atoms with Crippen LogP contribution in [0.1, 0.15) is 6.42 Å². The largest absolute Gasteiger partial charge is 0.478 e. The second-order valence-corrected chi connectivity index (χ2v) is 2.51. The van der Waals surface area contributed by atoms with Crippen LogP contribution in [-0.2, 0) is 4.79 Å². The molecule has 4 N–H and O–H groups in total. The van der Waals surface area contributed by atoms with E-state index in [2.05, 4.69) is 6.58 Å². The summed E-state index contributed by atoms with van der Waals surface area (Å²) in [6, 6.07) is 0. The molecule has 0 saturated heterocycles. The SMILES string of the molecule is C=C(CC(F)(F)F)C(=O)O.OP(O)O. The van der Waals surface area contributed by atoms with Crippen LogP contribution in [0.2, 0.25) is 0 Å². The fourth-order valence-electron chi connectivity index (χ4n) is 0.318. The Bertz CT molecular complexity index is 199. The van der Waals surface area contributed by atoms with E-state index in [0.717, 1.165) is 0 Å². The van der Waals surface area contributed by atoms with Crippen LogP contribution in [0.4, 0.5) is 13.2 Å². The molecular weight excluding hydrogens is 228 g/mol. The lowest BCUT2D eigenvalue weighted by Crippen LogP contribution is -2.12. The zero-order valence-corrected chi connectivity index (χ0v) is 7.59. The first-order chi connectivity index (χ1) is 6.06. The standard InChI is InChI=1S/C5H5F3O2.H3O3P/c1-3(4(9)10)2-5(6,7)8;1-4(2)3/h1-2H2,(H,9,10);1-3H. The maximum absolute atomic E-state index is 11.3. The Morgan fingerprint density at radius 2 is 1.57 bits per heavy atom. The van der Waals surface area contributed by atoms with Gasteiger partial charge < -0.3 is 19.8 Å². The molecule has 0 amide bonds. The average Bonchev–Trinajstić information content (AvgIpc) is 1.81. The number of alkyl halides is 3. The van der Waals surface area contributed by atoms with Gasteiger partial charge in [0.2, 0.25) is 0 Å². The summed E-state index contributed by atoms with van der Waals surface area (Å²) in [7, 11) is -2.62. The summed E-state index contributed by atoms with van der Waals surface area (Å²) in [6.45, 7) is 2.72. The normalized spacial score (nSPS) is 10.5. The van der Waals surface area contributed by atoms with Crippen molar-refractivity contribution >= 4 is 14.6 Å². The number of carboxylic acid groups (broad SMARTS) is 1. The van der Waals surface area contributed by atoms with Crippen molar-refractivity contribution in [3.63, 3.8) is 0 Å². The van der Waals surface area contributed by atoms with Crippen LogP contribution < -0.4 is 0 Å². The third-order valence-electron chi connectivity index (χ3n) is 0.716. The van der Waals surface area contributed by atoms with Crippen LogP contribution in [0.25, 0.3) is 0 Å². The van der Waals surface area contributed by atoms with Crippen LogP contribution >= 0.6 is 8.60 Å². The van der Waals surface area contributed by atoms with Gasteiger partial charge in [-0.05, 0) is 0 Å².